The van der Waals surface area contributed by atoms with Crippen molar-refractivity contribution in [3.8, 4) is 0 Å². The second kappa shape index (κ2) is 10.0. The number of fused-ring (bicyclic) bond motifs is 2. The van der Waals surface area contributed by atoms with Crippen molar-refractivity contribution in [2.24, 2.45) is 10.2 Å². The van der Waals surface area contributed by atoms with E-state index >= 15 is 0 Å². The van der Waals surface area contributed by atoms with E-state index in [4.69, 9.17) is 5.10 Å². The van der Waals surface area contributed by atoms with E-state index in [-0.39, 0.29) is 11.7 Å². The van der Waals surface area contributed by atoms with Crippen LogP contribution < -0.4 is 5.43 Å². The molecule has 1 atom stereocenters. The number of rotatable bonds is 5. The summed E-state index contributed by atoms with van der Waals surface area (Å²) in [4.78, 5) is 10.6. The van der Waals surface area contributed by atoms with Gasteiger partial charge >= 0.3 is 0 Å². The molecule has 0 spiro atoms. The highest BCUT2D eigenvalue weighted by molar-refractivity contribution is 6.07. The van der Waals surface area contributed by atoms with Crippen molar-refractivity contribution in [1.29, 1.82) is 0 Å². The van der Waals surface area contributed by atoms with Gasteiger partial charge < -0.3 is 0 Å². The van der Waals surface area contributed by atoms with Crippen LogP contribution in [0.4, 0.5) is 11.4 Å². The average Bonchev–Trinajstić information content (AvgIpc) is 3.40. The average molecular weight is 514 g/mol. The molecule has 5 aromatic rings. The Morgan fingerprint density at radius 3 is 2.15 bits per heavy atom. The lowest BCUT2D eigenvalue weighted by molar-refractivity contribution is -0.384. The van der Waals surface area contributed by atoms with Crippen LogP contribution in [0.5, 0.6) is 0 Å². The van der Waals surface area contributed by atoms with Gasteiger partial charge in [-0.25, -0.2) is 5.01 Å². The summed E-state index contributed by atoms with van der Waals surface area (Å²) in [6.07, 6.45) is 0.728. The van der Waals surface area contributed by atoms with Crippen LogP contribution in [-0.2, 0) is 0 Å². The smallest absolute Gasteiger partial charge is 0.269 e. The van der Waals surface area contributed by atoms with Crippen LogP contribution in [-0.4, -0.2) is 21.5 Å². The molecule has 0 saturated carbocycles. The van der Waals surface area contributed by atoms with Crippen molar-refractivity contribution in [1.82, 2.24) is 5.01 Å². The zero-order valence-corrected chi connectivity index (χ0v) is 21.7. The zero-order valence-electron chi connectivity index (χ0n) is 21.7. The van der Waals surface area contributed by atoms with Gasteiger partial charge in [-0.05, 0) is 64.7 Å². The fourth-order valence-corrected chi connectivity index (χ4v) is 5.22. The van der Waals surface area contributed by atoms with Crippen LogP contribution in [0, 0.1) is 17.0 Å². The topological polar surface area (TPSA) is 83.1 Å². The van der Waals surface area contributed by atoms with Gasteiger partial charge in [0.1, 0.15) is 5.84 Å². The summed E-state index contributed by atoms with van der Waals surface area (Å²) in [5.41, 5.74) is 8.27. The van der Waals surface area contributed by atoms with Gasteiger partial charge in [0, 0.05) is 18.6 Å². The summed E-state index contributed by atoms with van der Waals surface area (Å²) in [7, 11) is 0. The van der Waals surface area contributed by atoms with E-state index < -0.39 is 4.92 Å². The number of non-ortho nitro benzene ring substituents is 1. The summed E-state index contributed by atoms with van der Waals surface area (Å²) in [6.45, 7) is 4.01. The van der Waals surface area contributed by atoms with E-state index in [0.29, 0.717) is 11.5 Å². The van der Waals surface area contributed by atoms with Crippen molar-refractivity contribution >= 4 is 44.5 Å². The molecule has 0 aromatic heterocycles. The lowest BCUT2D eigenvalue weighted by atomic mass is 9.89. The summed E-state index contributed by atoms with van der Waals surface area (Å²) in [5.74, 6) is 0.692. The lowest BCUT2D eigenvalue weighted by Crippen LogP contribution is -2.26. The normalized spacial score (nSPS) is 15.5. The molecule has 1 aliphatic heterocycles. The fraction of sp³-hybridized carbons (Fsp3) is 0.125. The Kier molecular flexibility index (Phi) is 6.25. The summed E-state index contributed by atoms with van der Waals surface area (Å²) in [6, 6.07) is 33.8. The maximum atomic E-state index is 11.0. The Morgan fingerprint density at radius 1 is 0.923 bits per heavy atom. The highest BCUT2D eigenvalue weighted by Gasteiger charge is 2.33. The Morgan fingerprint density at radius 2 is 1.54 bits per heavy atom. The van der Waals surface area contributed by atoms with Gasteiger partial charge in [0.05, 0.1) is 22.4 Å². The number of hydrogen-bond donors (Lipinski definition) is 1. The first-order valence-corrected chi connectivity index (χ1v) is 12.9. The third-order valence-corrected chi connectivity index (χ3v) is 7.20. The van der Waals surface area contributed by atoms with Gasteiger partial charge in [-0.15, -0.1) is 0 Å². The van der Waals surface area contributed by atoms with Gasteiger partial charge in [-0.3, -0.25) is 15.5 Å². The van der Waals surface area contributed by atoms with Gasteiger partial charge in [-0.2, -0.15) is 10.2 Å². The van der Waals surface area contributed by atoms with Crippen molar-refractivity contribution in [2.45, 2.75) is 26.3 Å². The van der Waals surface area contributed by atoms with Crippen LogP contribution in [0.1, 0.15) is 36.1 Å². The minimum Gasteiger partial charge on any atom is -0.277 e. The molecule has 6 rings (SSSR count). The van der Waals surface area contributed by atoms with Crippen LogP contribution in [0.25, 0.3) is 21.5 Å². The molecule has 5 aromatic carbocycles. The monoisotopic (exact) mass is 513 g/mol. The molecular weight excluding hydrogens is 486 g/mol. The van der Waals surface area contributed by atoms with Gasteiger partial charge in [0.2, 0.25) is 0 Å². The van der Waals surface area contributed by atoms with Crippen molar-refractivity contribution in [3.63, 3.8) is 0 Å². The van der Waals surface area contributed by atoms with Crippen LogP contribution in [0.2, 0.25) is 0 Å². The SMILES string of the molecule is C/C(=N/Nc1ccc([N+](=O)[O-])cc1)N1N=C(c2ccc(C)cc2)CC1c1c2ccccc2cc2ccccc12. The number of amidine groups is 1. The molecule has 1 aliphatic rings. The molecule has 0 bridgehead atoms. The van der Waals surface area contributed by atoms with Crippen LogP contribution in [0.15, 0.2) is 113 Å². The predicted molar refractivity (Wildman–Crippen MR) is 158 cm³/mol. The van der Waals surface area contributed by atoms with Crippen molar-refractivity contribution < 1.29 is 4.92 Å². The number of benzene rings is 5. The molecule has 1 unspecified atom stereocenters. The first kappa shape index (κ1) is 24.3. The third kappa shape index (κ3) is 4.70. The lowest BCUT2D eigenvalue weighted by Gasteiger charge is -2.26. The molecule has 0 fully saturated rings. The molecule has 192 valence electrons. The van der Waals surface area contributed by atoms with E-state index in [0.717, 1.165) is 17.7 Å². The minimum absolute atomic E-state index is 0.0380. The minimum atomic E-state index is -0.414. The van der Waals surface area contributed by atoms with Gasteiger partial charge in [0.25, 0.3) is 5.69 Å². The van der Waals surface area contributed by atoms with E-state index in [1.165, 1.54) is 44.8 Å². The maximum absolute atomic E-state index is 11.0. The molecule has 1 heterocycles. The van der Waals surface area contributed by atoms with E-state index in [1.54, 1.807) is 12.1 Å². The second-order valence-corrected chi connectivity index (χ2v) is 9.78. The fourth-order valence-electron chi connectivity index (χ4n) is 5.22. The maximum Gasteiger partial charge on any atom is 0.269 e. The number of anilines is 1. The molecular formula is C32H27N5O2. The number of nitrogens with one attached hydrogen (secondary N) is 1. The molecule has 0 aliphatic carbocycles. The van der Waals surface area contributed by atoms with Crippen LogP contribution in [0.3, 0.4) is 0 Å². The zero-order chi connectivity index (χ0) is 26.9. The standard InChI is InChI=1S/C32H27N5O2/c1-21-11-13-23(14-12-21)30-20-31(32-28-9-5-3-7-24(28)19-25-8-4-6-10-29(25)32)36(35-30)22(2)33-34-26-15-17-27(18-16-26)37(38)39/h3-19,31,34H,20H2,1-2H3/b33-22-. The number of aryl methyl sites for hydroxylation is 1. The summed E-state index contributed by atoms with van der Waals surface area (Å²) in [5, 5.41) is 27.5. The molecule has 7 nitrogen and oxygen atoms in total. The Bertz CT molecular complexity index is 1700. The Labute approximate surface area is 226 Å². The van der Waals surface area contributed by atoms with E-state index in [9.17, 15) is 10.1 Å². The molecule has 7 heteroatoms. The van der Waals surface area contributed by atoms with Crippen LogP contribution >= 0.6 is 0 Å². The van der Waals surface area contributed by atoms with Crippen molar-refractivity contribution in [3.05, 3.63) is 130 Å². The number of nitro benzene ring substituents is 1. The number of hydrogen-bond acceptors (Lipinski definition) is 5. The predicted octanol–water partition coefficient (Wildman–Crippen LogP) is 7.81. The second-order valence-electron chi connectivity index (χ2n) is 9.78. The van der Waals surface area contributed by atoms with Crippen molar-refractivity contribution in [2.75, 3.05) is 5.43 Å². The highest BCUT2D eigenvalue weighted by Crippen LogP contribution is 2.41. The molecule has 39 heavy (non-hydrogen) atoms. The summed E-state index contributed by atoms with van der Waals surface area (Å²) < 4.78 is 0. The largest absolute Gasteiger partial charge is 0.277 e. The first-order valence-electron chi connectivity index (χ1n) is 12.9. The highest BCUT2D eigenvalue weighted by atomic mass is 16.6. The quantitative estimate of drug-likeness (QED) is 0.0854. The van der Waals surface area contributed by atoms with Gasteiger partial charge in [-0.1, -0.05) is 78.4 Å². The number of hydrazone groups is 2. The number of nitro groups is 1. The molecule has 0 saturated heterocycles. The Hall–Kier alpha value is -5.04. The third-order valence-electron chi connectivity index (χ3n) is 7.20. The first-order chi connectivity index (χ1) is 19.0. The molecule has 1 N–H and O–H groups in total. The number of nitrogens with zero attached hydrogens (tertiary/aromatic N) is 4. The van der Waals surface area contributed by atoms with Gasteiger partial charge in [0.15, 0.2) is 0 Å². The van der Waals surface area contributed by atoms with E-state index in [2.05, 4.69) is 96.3 Å². The Balaban J connectivity index is 1.44. The summed E-state index contributed by atoms with van der Waals surface area (Å²) >= 11 is 0. The molecule has 0 radical (unpaired) electrons. The molecule has 0 amide bonds. The van der Waals surface area contributed by atoms with E-state index in [1.807, 2.05) is 11.9 Å².